The third-order valence-corrected chi connectivity index (χ3v) is 5.68. The number of benzene rings is 2. The van der Waals surface area contributed by atoms with Crippen LogP contribution in [0.3, 0.4) is 0 Å². The molecule has 4 rings (SSSR count). The number of amides is 2. The number of nitrogens with zero attached hydrogens (tertiary/aromatic N) is 5. The van der Waals surface area contributed by atoms with Crippen LogP contribution in [-0.4, -0.2) is 49.7 Å². The highest BCUT2D eigenvalue weighted by molar-refractivity contribution is 6.04. The fourth-order valence-electron chi connectivity index (χ4n) is 3.87. The number of likely N-dealkylation sites (tertiary alicyclic amines) is 1. The molecule has 2 aromatic carbocycles. The number of nitro benzene ring substituents is 1. The van der Waals surface area contributed by atoms with Gasteiger partial charge in [0.05, 0.1) is 16.3 Å². The van der Waals surface area contributed by atoms with Crippen LogP contribution in [-0.2, 0) is 0 Å². The summed E-state index contributed by atoms with van der Waals surface area (Å²) in [4.78, 5) is 37.9. The van der Waals surface area contributed by atoms with Gasteiger partial charge in [-0.3, -0.25) is 19.7 Å². The van der Waals surface area contributed by atoms with Crippen molar-refractivity contribution in [1.82, 2.24) is 19.9 Å². The molecule has 2 heterocycles. The smallest absolute Gasteiger partial charge is 0.278 e. The molecule has 1 saturated heterocycles. The molecule has 1 aromatic heterocycles. The number of nitro groups is 1. The number of anilines is 1. The van der Waals surface area contributed by atoms with Crippen molar-refractivity contribution < 1.29 is 14.5 Å². The van der Waals surface area contributed by atoms with E-state index in [0.717, 1.165) is 38.8 Å². The Balaban J connectivity index is 1.46. The minimum Gasteiger partial charge on any atom is -0.339 e. The Kier molecular flexibility index (Phi) is 6.43. The number of hydrogen-bond donors (Lipinski definition) is 1. The molecule has 1 aliphatic rings. The summed E-state index contributed by atoms with van der Waals surface area (Å²) in [6, 6.07) is 12.7. The lowest BCUT2D eigenvalue weighted by molar-refractivity contribution is -0.384. The predicted molar refractivity (Wildman–Crippen MR) is 122 cm³/mol. The van der Waals surface area contributed by atoms with E-state index in [1.54, 1.807) is 43.3 Å². The van der Waals surface area contributed by atoms with Crippen LogP contribution < -0.4 is 5.32 Å². The van der Waals surface area contributed by atoms with Crippen LogP contribution in [0.4, 0.5) is 11.4 Å². The molecule has 0 spiro atoms. The summed E-state index contributed by atoms with van der Waals surface area (Å²) in [5, 5.41) is 21.7. The second-order valence-corrected chi connectivity index (χ2v) is 7.95. The Morgan fingerprint density at radius 2 is 1.73 bits per heavy atom. The van der Waals surface area contributed by atoms with Crippen molar-refractivity contribution in [2.45, 2.75) is 32.6 Å². The van der Waals surface area contributed by atoms with Crippen molar-refractivity contribution in [1.29, 1.82) is 0 Å². The van der Waals surface area contributed by atoms with Gasteiger partial charge in [0, 0.05) is 36.5 Å². The van der Waals surface area contributed by atoms with Gasteiger partial charge in [0.15, 0.2) is 5.69 Å². The number of aromatic nitrogens is 3. The van der Waals surface area contributed by atoms with E-state index in [0.29, 0.717) is 22.6 Å². The van der Waals surface area contributed by atoms with E-state index < -0.39 is 10.8 Å². The first-order chi connectivity index (χ1) is 15.9. The van der Waals surface area contributed by atoms with Crippen molar-refractivity contribution in [3.05, 3.63) is 75.6 Å². The number of non-ortho nitro benzene ring substituents is 1. The highest BCUT2D eigenvalue weighted by Gasteiger charge is 2.20. The highest BCUT2D eigenvalue weighted by atomic mass is 16.6. The molecule has 1 fully saturated rings. The summed E-state index contributed by atoms with van der Waals surface area (Å²) < 4.78 is 1.38. The van der Waals surface area contributed by atoms with Crippen molar-refractivity contribution in [2.75, 3.05) is 18.4 Å². The lowest BCUT2D eigenvalue weighted by Crippen LogP contribution is -2.31. The van der Waals surface area contributed by atoms with Crippen LogP contribution in [0.15, 0.2) is 48.5 Å². The molecular weight excluding hydrogens is 424 g/mol. The molecule has 10 nitrogen and oxygen atoms in total. The zero-order chi connectivity index (χ0) is 23.4. The SMILES string of the molecule is Cc1c(C(=O)Nc2ccc(C(=O)N3CCCCCC3)cc2)nnn1-c1cccc([N+](=O)[O-])c1. The monoisotopic (exact) mass is 448 g/mol. The van der Waals surface area contributed by atoms with Crippen LogP contribution >= 0.6 is 0 Å². The minimum atomic E-state index is -0.495. The van der Waals surface area contributed by atoms with Crippen molar-refractivity contribution in [3.8, 4) is 5.69 Å². The third kappa shape index (κ3) is 4.89. The van der Waals surface area contributed by atoms with Crippen molar-refractivity contribution >= 4 is 23.2 Å². The zero-order valence-electron chi connectivity index (χ0n) is 18.2. The largest absolute Gasteiger partial charge is 0.339 e. The first-order valence-electron chi connectivity index (χ1n) is 10.8. The second-order valence-electron chi connectivity index (χ2n) is 7.95. The summed E-state index contributed by atoms with van der Waals surface area (Å²) >= 11 is 0. The maximum Gasteiger partial charge on any atom is 0.278 e. The summed E-state index contributed by atoms with van der Waals surface area (Å²) in [5.41, 5.74) is 2.01. The fourth-order valence-corrected chi connectivity index (χ4v) is 3.87. The van der Waals surface area contributed by atoms with Crippen molar-refractivity contribution in [2.24, 2.45) is 0 Å². The molecule has 0 unspecified atom stereocenters. The van der Waals surface area contributed by atoms with Gasteiger partial charge in [0.25, 0.3) is 17.5 Å². The van der Waals surface area contributed by atoms with E-state index in [1.165, 1.54) is 16.8 Å². The Morgan fingerprint density at radius 3 is 2.39 bits per heavy atom. The van der Waals surface area contributed by atoms with Crippen LogP contribution in [0.5, 0.6) is 0 Å². The number of rotatable bonds is 5. The fraction of sp³-hybridized carbons (Fsp3) is 0.304. The predicted octanol–water partition coefficient (Wildman–Crippen LogP) is 3.75. The van der Waals surface area contributed by atoms with Gasteiger partial charge in [-0.1, -0.05) is 24.1 Å². The molecule has 2 amide bonds. The average Bonchev–Trinajstić information content (AvgIpc) is 3.02. The number of nitrogens with one attached hydrogen (secondary N) is 1. The normalized spacial score (nSPS) is 13.9. The number of carbonyl (C=O) groups is 2. The van der Waals surface area contributed by atoms with Crippen LogP contribution in [0.25, 0.3) is 5.69 Å². The lowest BCUT2D eigenvalue weighted by atomic mass is 10.1. The summed E-state index contributed by atoms with van der Waals surface area (Å²) in [6.07, 6.45) is 4.35. The molecule has 1 aliphatic heterocycles. The van der Waals surface area contributed by atoms with E-state index in [-0.39, 0.29) is 17.3 Å². The second kappa shape index (κ2) is 9.60. The van der Waals surface area contributed by atoms with E-state index >= 15 is 0 Å². The van der Waals surface area contributed by atoms with Gasteiger partial charge in [-0.05, 0) is 50.1 Å². The van der Waals surface area contributed by atoms with Crippen LogP contribution in [0.1, 0.15) is 52.2 Å². The standard InChI is InChI=1S/C23H24N6O4/c1-16-21(25-26-28(16)19-7-6-8-20(15-19)29(32)33)22(30)24-18-11-9-17(10-12-18)23(31)27-13-4-2-3-5-14-27/h6-12,15H,2-5,13-14H2,1H3,(H,24,30). The molecule has 0 atom stereocenters. The Bertz CT molecular complexity index is 1180. The maximum atomic E-state index is 12.7. The summed E-state index contributed by atoms with van der Waals surface area (Å²) in [6.45, 7) is 3.21. The van der Waals surface area contributed by atoms with Gasteiger partial charge in [-0.25, -0.2) is 4.68 Å². The van der Waals surface area contributed by atoms with E-state index in [2.05, 4.69) is 15.6 Å². The molecule has 10 heteroatoms. The van der Waals surface area contributed by atoms with Crippen LogP contribution in [0, 0.1) is 17.0 Å². The zero-order valence-corrected chi connectivity index (χ0v) is 18.2. The van der Waals surface area contributed by atoms with Gasteiger partial charge < -0.3 is 10.2 Å². The minimum absolute atomic E-state index is 0.00511. The topological polar surface area (TPSA) is 123 Å². The van der Waals surface area contributed by atoms with Gasteiger partial charge in [0.1, 0.15) is 0 Å². The first-order valence-corrected chi connectivity index (χ1v) is 10.8. The van der Waals surface area contributed by atoms with Gasteiger partial charge in [-0.2, -0.15) is 0 Å². The quantitative estimate of drug-likeness (QED) is 0.468. The molecule has 33 heavy (non-hydrogen) atoms. The molecular formula is C23H24N6O4. The molecule has 1 N–H and O–H groups in total. The average molecular weight is 448 g/mol. The maximum absolute atomic E-state index is 12.7. The summed E-state index contributed by atoms with van der Waals surface area (Å²) in [7, 11) is 0. The van der Waals surface area contributed by atoms with Gasteiger partial charge in [-0.15, -0.1) is 5.10 Å². The summed E-state index contributed by atoms with van der Waals surface area (Å²) in [5.74, 6) is -0.457. The van der Waals surface area contributed by atoms with E-state index in [9.17, 15) is 19.7 Å². The van der Waals surface area contributed by atoms with Crippen molar-refractivity contribution in [3.63, 3.8) is 0 Å². The van der Waals surface area contributed by atoms with Gasteiger partial charge in [0.2, 0.25) is 0 Å². The molecule has 0 radical (unpaired) electrons. The molecule has 3 aromatic rings. The third-order valence-electron chi connectivity index (χ3n) is 5.68. The Morgan fingerprint density at radius 1 is 1.03 bits per heavy atom. The molecule has 170 valence electrons. The molecule has 0 saturated carbocycles. The Labute approximate surface area is 190 Å². The van der Waals surface area contributed by atoms with E-state index in [1.807, 2.05) is 4.90 Å². The van der Waals surface area contributed by atoms with Crippen LogP contribution in [0.2, 0.25) is 0 Å². The molecule has 0 bridgehead atoms. The van der Waals surface area contributed by atoms with Gasteiger partial charge >= 0.3 is 0 Å². The molecule has 0 aliphatic carbocycles. The lowest BCUT2D eigenvalue weighted by Gasteiger charge is -2.20. The highest BCUT2D eigenvalue weighted by Crippen LogP contribution is 2.20. The number of hydrogen-bond acceptors (Lipinski definition) is 6. The number of carbonyl (C=O) groups excluding carboxylic acids is 2. The Hall–Kier alpha value is -4.08. The van der Waals surface area contributed by atoms with E-state index in [4.69, 9.17) is 0 Å². The first kappa shape index (κ1) is 22.1.